The van der Waals surface area contributed by atoms with E-state index in [4.69, 9.17) is 4.74 Å². The molecule has 0 fully saturated rings. The average Bonchev–Trinajstić information content (AvgIpc) is 3.09. The summed E-state index contributed by atoms with van der Waals surface area (Å²) < 4.78 is 18.8. The molecule has 0 spiro atoms. The second-order valence-electron chi connectivity index (χ2n) is 6.89. The van der Waals surface area contributed by atoms with Gasteiger partial charge in [0.05, 0.1) is 13.2 Å². The summed E-state index contributed by atoms with van der Waals surface area (Å²) in [4.78, 5) is 14.5. The van der Waals surface area contributed by atoms with Crippen LogP contribution < -0.4 is 10.1 Å². The number of likely N-dealkylation sites (N-methyl/N-ethyl adjacent to an activating group) is 1. The Kier molecular flexibility index (Phi) is 5.57. The SMILES string of the molecule is COc1ccc(CN(C)C(C)C(=O)Nc2ccc3c(c2)CCC3)cc1F. The molecule has 0 saturated carbocycles. The second kappa shape index (κ2) is 7.87. The van der Waals surface area contributed by atoms with E-state index in [1.807, 2.05) is 31.0 Å². The van der Waals surface area contributed by atoms with Gasteiger partial charge in [-0.1, -0.05) is 12.1 Å². The predicted octanol–water partition coefficient (Wildman–Crippen LogP) is 3.78. The summed E-state index contributed by atoms with van der Waals surface area (Å²) in [5, 5.41) is 2.99. The number of ether oxygens (including phenoxy) is 1. The topological polar surface area (TPSA) is 41.6 Å². The summed E-state index contributed by atoms with van der Waals surface area (Å²) in [6.07, 6.45) is 3.39. The van der Waals surface area contributed by atoms with Gasteiger partial charge in [0.1, 0.15) is 0 Å². The van der Waals surface area contributed by atoms with Crippen LogP contribution in [0.2, 0.25) is 0 Å². The number of carbonyl (C=O) groups excluding carboxylic acids is 1. The van der Waals surface area contributed by atoms with Gasteiger partial charge in [-0.25, -0.2) is 4.39 Å². The molecule has 2 aromatic carbocycles. The number of nitrogens with one attached hydrogen (secondary N) is 1. The fourth-order valence-electron chi connectivity index (χ4n) is 3.33. The van der Waals surface area contributed by atoms with Gasteiger partial charge in [0, 0.05) is 12.2 Å². The van der Waals surface area contributed by atoms with Crippen molar-refractivity contribution in [2.24, 2.45) is 0 Å². The zero-order valence-electron chi connectivity index (χ0n) is 15.5. The van der Waals surface area contributed by atoms with Crippen molar-refractivity contribution in [1.82, 2.24) is 4.90 Å². The zero-order chi connectivity index (χ0) is 18.7. The lowest BCUT2D eigenvalue weighted by Gasteiger charge is -2.24. The van der Waals surface area contributed by atoms with Gasteiger partial charge in [0.2, 0.25) is 5.91 Å². The maximum atomic E-state index is 13.8. The highest BCUT2D eigenvalue weighted by Crippen LogP contribution is 2.25. The molecule has 1 aliphatic carbocycles. The number of aryl methyl sites for hydroxylation is 2. The van der Waals surface area contributed by atoms with E-state index in [1.54, 1.807) is 6.07 Å². The summed E-state index contributed by atoms with van der Waals surface area (Å²) in [6.45, 7) is 2.32. The van der Waals surface area contributed by atoms with E-state index in [1.165, 1.54) is 30.7 Å². The van der Waals surface area contributed by atoms with Gasteiger partial charge < -0.3 is 10.1 Å². The highest BCUT2D eigenvalue weighted by atomic mass is 19.1. The summed E-state index contributed by atoms with van der Waals surface area (Å²) in [5.74, 6) is -0.244. The molecule has 1 aliphatic rings. The number of rotatable bonds is 6. The van der Waals surface area contributed by atoms with E-state index in [0.717, 1.165) is 24.1 Å². The van der Waals surface area contributed by atoms with Crippen LogP contribution in [0, 0.1) is 5.82 Å². The summed E-state index contributed by atoms with van der Waals surface area (Å²) in [5.41, 5.74) is 4.35. The van der Waals surface area contributed by atoms with Crippen molar-refractivity contribution in [1.29, 1.82) is 0 Å². The van der Waals surface area contributed by atoms with Gasteiger partial charge in [-0.15, -0.1) is 0 Å². The van der Waals surface area contributed by atoms with Crippen LogP contribution in [0.5, 0.6) is 5.75 Å². The maximum Gasteiger partial charge on any atom is 0.241 e. The van der Waals surface area contributed by atoms with Gasteiger partial charge in [0.15, 0.2) is 11.6 Å². The van der Waals surface area contributed by atoms with Crippen molar-refractivity contribution in [3.8, 4) is 5.75 Å². The summed E-state index contributed by atoms with van der Waals surface area (Å²) >= 11 is 0. The molecule has 3 rings (SSSR count). The molecule has 5 heteroatoms. The van der Waals surface area contributed by atoms with Crippen LogP contribution in [0.4, 0.5) is 10.1 Å². The molecule has 1 unspecified atom stereocenters. The van der Waals surface area contributed by atoms with Crippen molar-refractivity contribution in [3.05, 3.63) is 58.9 Å². The number of nitrogens with zero attached hydrogens (tertiary/aromatic N) is 1. The first-order valence-corrected chi connectivity index (χ1v) is 8.93. The zero-order valence-corrected chi connectivity index (χ0v) is 15.5. The number of anilines is 1. The lowest BCUT2D eigenvalue weighted by atomic mass is 10.1. The predicted molar refractivity (Wildman–Crippen MR) is 101 cm³/mol. The smallest absolute Gasteiger partial charge is 0.241 e. The molecule has 0 aliphatic heterocycles. The Labute approximate surface area is 154 Å². The molecule has 0 saturated heterocycles. The number of methoxy groups -OCH3 is 1. The highest BCUT2D eigenvalue weighted by Gasteiger charge is 2.20. The average molecular weight is 356 g/mol. The molecule has 0 bridgehead atoms. The molecule has 2 aromatic rings. The van der Waals surface area contributed by atoms with Gasteiger partial charge in [-0.05, 0) is 74.2 Å². The third-order valence-corrected chi connectivity index (χ3v) is 5.05. The Hall–Kier alpha value is -2.40. The van der Waals surface area contributed by atoms with Crippen molar-refractivity contribution in [2.45, 2.75) is 38.8 Å². The molecular formula is C21H25FN2O2. The molecule has 138 valence electrons. The quantitative estimate of drug-likeness (QED) is 0.856. The Morgan fingerprint density at radius 2 is 2.00 bits per heavy atom. The third-order valence-electron chi connectivity index (χ3n) is 5.05. The lowest BCUT2D eigenvalue weighted by Crippen LogP contribution is -2.39. The third kappa shape index (κ3) is 4.05. The number of amides is 1. The summed E-state index contributed by atoms with van der Waals surface area (Å²) in [7, 11) is 3.30. The van der Waals surface area contributed by atoms with E-state index < -0.39 is 5.82 Å². The fraction of sp³-hybridized carbons (Fsp3) is 0.381. The number of carbonyl (C=O) groups is 1. The number of hydrogen-bond donors (Lipinski definition) is 1. The standard InChI is InChI=1S/C21H25FN2O2/c1-14(24(2)13-15-7-10-20(26-3)19(22)11-15)21(25)23-18-9-8-16-5-4-6-17(16)12-18/h7-12,14H,4-6,13H2,1-3H3,(H,23,25). The van der Waals surface area contributed by atoms with E-state index in [2.05, 4.69) is 17.4 Å². The molecule has 26 heavy (non-hydrogen) atoms. The number of halogens is 1. The van der Waals surface area contributed by atoms with Crippen LogP contribution in [0.3, 0.4) is 0 Å². The van der Waals surface area contributed by atoms with Gasteiger partial charge in [0.25, 0.3) is 0 Å². The van der Waals surface area contributed by atoms with Crippen molar-refractivity contribution in [3.63, 3.8) is 0 Å². The monoisotopic (exact) mass is 356 g/mol. The lowest BCUT2D eigenvalue weighted by molar-refractivity contribution is -0.120. The molecule has 0 heterocycles. The summed E-state index contributed by atoms with van der Waals surface area (Å²) in [6, 6.07) is 10.7. The molecule has 0 aromatic heterocycles. The first kappa shape index (κ1) is 18.4. The van der Waals surface area contributed by atoms with Crippen molar-refractivity contribution < 1.29 is 13.9 Å². The normalized spacial score (nSPS) is 14.2. The largest absolute Gasteiger partial charge is 0.494 e. The molecule has 4 nitrogen and oxygen atoms in total. The second-order valence-corrected chi connectivity index (χ2v) is 6.89. The molecule has 1 atom stereocenters. The minimum atomic E-state index is -0.395. The Bertz CT molecular complexity index is 807. The van der Waals surface area contributed by atoms with Crippen LogP contribution in [-0.4, -0.2) is 31.0 Å². The minimum Gasteiger partial charge on any atom is -0.494 e. The fourth-order valence-corrected chi connectivity index (χ4v) is 3.33. The first-order chi connectivity index (χ1) is 12.5. The molecule has 0 radical (unpaired) electrons. The van der Waals surface area contributed by atoms with Crippen molar-refractivity contribution >= 4 is 11.6 Å². The van der Waals surface area contributed by atoms with E-state index >= 15 is 0 Å². The molecule has 1 N–H and O–H groups in total. The van der Waals surface area contributed by atoms with Crippen molar-refractivity contribution in [2.75, 3.05) is 19.5 Å². The van der Waals surface area contributed by atoms with Crippen LogP contribution in [0.15, 0.2) is 36.4 Å². The maximum absolute atomic E-state index is 13.8. The molecule has 1 amide bonds. The number of benzene rings is 2. The van der Waals surface area contributed by atoms with Crippen LogP contribution in [0.1, 0.15) is 30.0 Å². The Morgan fingerprint density at radius 3 is 2.73 bits per heavy atom. The van der Waals surface area contributed by atoms with Gasteiger partial charge in [-0.2, -0.15) is 0 Å². The van der Waals surface area contributed by atoms with E-state index in [-0.39, 0.29) is 17.7 Å². The minimum absolute atomic E-state index is 0.0700. The number of fused-ring (bicyclic) bond motifs is 1. The number of hydrogen-bond acceptors (Lipinski definition) is 3. The Morgan fingerprint density at radius 1 is 1.23 bits per heavy atom. The highest BCUT2D eigenvalue weighted by molar-refractivity contribution is 5.94. The Balaban J connectivity index is 1.61. The van der Waals surface area contributed by atoms with E-state index in [9.17, 15) is 9.18 Å². The van der Waals surface area contributed by atoms with E-state index in [0.29, 0.717) is 6.54 Å². The molecular weight excluding hydrogens is 331 g/mol. The van der Waals surface area contributed by atoms with Crippen LogP contribution in [-0.2, 0) is 24.2 Å². The first-order valence-electron chi connectivity index (χ1n) is 8.93. The van der Waals surface area contributed by atoms with Gasteiger partial charge in [-0.3, -0.25) is 9.69 Å². The van der Waals surface area contributed by atoms with Gasteiger partial charge >= 0.3 is 0 Å². The van der Waals surface area contributed by atoms with Crippen LogP contribution in [0.25, 0.3) is 0 Å². The van der Waals surface area contributed by atoms with Crippen LogP contribution >= 0.6 is 0 Å².